The summed E-state index contributed by atoms with van der Waals surface area (Å²) in [6.07, 6.45) is 0.470. The van der Waals surface area contributed by atoms with E-state index in [1.165, 1.54) is 11.8 Å². The maximum atomic E-state index is 12.8. The van der Waals surface area contributed by atoms with Crippen LogP contribution in [-0.2, 0) is 26.7 Å². The van der Waals surface area contributed by atoms with Crippen LogP contribution in [0.5, 0.6) is 0 Å². The number of thioether (sulfide) groups is 1. The number of hydrogen-bond donors (Lipinski definition) is 2. The minimum Gasteiger partial charge on any atom is -0.445 e. The Morgan fingerprint density at radius 1 is 1.03 bits per heavy atom. The first-order valence-electron chi connectivity index (χ1n) is 10.4. The molecule has 32 heavy (non-hydrogen) atoms. The lowest BCUT2D eigenvalue weighted by atomic mass is 10.0. The minimum atomic E-state index is -0.790. The summed E-state index contributed by atoms with van der Waals surface area (Å²) >= 11 is 7.42. The molecule has 0 saturated heterocycles. The third-order valence-corrected chi connectivity index (χ3v) is 5.88. The van der Waals surface area contributed by atoms with E-state index in [9.17, 15) is 14.4 Å². The van der Waals surface area contributed by atoms with Crippen LogP contribution < -0.4 is 10.6 Å². The number of carbonyl (C=O) groups is 3. The van der Waals surface area contributed by atoms with E-state index in [-0.39, 0.29) is 12.5 Å². The molecular weight excluding hydrogens is 448 g/mol. The zero-order valence-electron chi connectivity index (χ0n) is 18.3. The summed E-state index contributed by atoms with van der Waals surface area (Å²) in [7, 11) is 0. The molecular formula is C24H29ClN2O4S. The minimum absolute atomic E-state index is 0.112. The van der Waals surface area contributed by atoms with Crippen molar-refractivity contribution in [1.82, 2.24) is 10.6 Å². The number of amides is 2. The fourth-order valence-corrected chi connectivity index (χ4v) is 3.98. The number of rotatable bonds is 12. The Labute approximate surface area is 198 Å². The first kappa shape index (κ1) is 25.7. The molecule has 2 rings (SSSR count). The highest BCUT2D eigenvalue weighted by atomic mass is 35.5. The molecule has 0 bridgehead atoms. The molecule has 2 N–H and O–H groups in total. The molecule has 0 heterocycles. The van der Waals surface area contributed by atoms with E-state index < -0.39 is 24.1 Å². The van der Waals surface area contributed by atoms with Crippen molar-refractivity contribution in [2.24, 2.45) is 5.92 Å². The van der Waals surface area contributed by atoms with Crippen molar-refractivity contribution in [3.05, 3.63) is 70.7 Å². The van der Waals surface area contributed by atoms with Crippen LogP contribution in [0.25, 0.3) is 0 Å². The average Bonchev–Trinajstić information content (AvgIpc) is 2.78. The van der Waals surface area contributed by atoms with Crippen LogP contribution in [-0.4, -0.2) is 36.1 Å². The second-order valence-corrected chi connectivity index (χ2v) is 9.25. The molecule has 2 atom stereocenters. The summed E-state index contributed by atoms with van der Waals surface area (Å²) in [5, 5.41) is 6.02. The molecule has 0 aliphatic rings. The van der Waals surface area contributed by atoms with Gasteiger partial charge in [-0.05, 0) is 35.6 Å². The van der Waals surface area contributed by atoms with Gasteiger partial charge in [-0.3, -0.25) is 4.79 Å². The SMILES string of the molecule is CC(C)C[C@@H](NC(=O)OCc1ccccc1)C(=O)NC(C=O)CSCc1ccc(Cl)cc1. The first-order valence-corrected chi connectivity index (χ1v) is 12.0. The van der Waals surface area contributed by atoms with Crippen molar-refractivity contribution in [1.29, 1.82) is 0 Å². The monoisotopic (exact) mass is 476 g/mol. The van der Waals surface area contributed by atoms with Crippen LogP contribution in [0.15, 0.2) is 54.6 Å². The van der Waals surface area contributed by atoms with E-state index in [0.29, 0.717) is 29.2 Å². The van der Waals surface area contributed by atoms with Crippen molar-refractivity contribution in [2.75, 3.05) is 5.75 Å². The van der Waals surface area contributed by atoms with Crippen molar-refractivity contribution in [3.8, 4) is 0 Å². The van der Waals surface area contributed by atoms with Crippen LogP contribution in [0, 0.1) is 5.92 Å². The molecule has 0 spiro atoms. The molecule has 8 heteroatoms. The van der Waals surface area contributed by atoms with Gasteiger partial charge in [-0.15, -0.1) is 0 Å². The van der Waals surface area contributed by atoms with Crippen LogP contribution in [0.4, 0.5) is 4.79 Å². The third kappa shape index (κ3) is 9.75. The lowest BCUT2D eigenvalue weighted by Gasteiger charge is -2.22. The van der Waals surface area contributed by atoms with Gasteiger partial charge in [0.25, 0.3) is 0 Å². The van der Waals surface area contributed by atoms with Crippen LogP contribution in [0.2, 0.25) is 5.02 Å². The number of ether oxygens (including phenoxy) is 1. The van der Waals surface area contributed by atoms with E-state index in [2.05, 4.69) is 10.6 Å². The summed E-state index contributed by atoms with van der Waals surface area (Å²) in [4.78, 5) is 36.5. The van der Waals surface area contributed by atoms with Crippen molar-refractivity contribution < 1.29 is 19.1 Å². The zero-order chi connectivity index (χ0) is 23.3. The summed E-state index contributed by atoms with van der Waals surface area (Å²) in [6, 6.07) is 15.3. The average molecular weight is 477 g/mol. The van der Waals surface area contributed by atoms with Gasteiger partial charge in [0, 0.05) is 16.5 Å². The first-order chi connectivity index (χ1) is 15.4. The van der Waals surface area contributed by atoms with Crippen molar-refractivity contribution >= 4 is 41.6 Å². The molecule has 172 valence electrons. The normalized spacial score (nSPS) is 12.6. The molecule has 0 radical (unpaired) electrons. The zero-order valence-corrected chi connectivity index (χ0v) is 19.8. The van der Waals surface area contributed by atoms with Crippen LogP contribution in [0.1, 0.15) is 31.4 Å². The Morgan fingerprint density at radius 3 is 2.34 bits per heavy atom. The smallest absolute Gasteiger partial charge is 0.408 e. The highest BCUT2D eigenvalue weighted by Gasteiger charge is 2.24. The summed E-state index contributed by atoms with van der Waals surface area (Å²) in [5.74, 6) is 0.871. The number of benzene rings is 2. The number of halogens is 1. The van der Waals surface area contributed by atoms with Crippen LogP contribution in [0.3, 0.4) is 0 Å². The molecule has 0 saturated carbocycles. The summed E-state index contributed by atoms with van der Waals surface area (Å²) in [5.41, 5.74) is 1.93. The number of aldehydes is 1. The Balaban J connectivity index is 1.85. The lowest BCUT2D eigenvalue weighted by molar-refractivity contribution is -0.125. The van der Waals surface area contributed by atoms with E-state index >= 15 is 0 Å². The standard InChI is InChI=1S/C24H29ClN2O4S/c1-17(2)12-22(27-24(30)31-14-18-6-4-3-5-7-18)23(29)26-21(13-28)16-32-15-19-8-10-20(25)11-9-19/h3-11,13,17,21-22H,12,14-16H2,1-2H3,(H,26,29)(H,27,30)/t21?,22-/m1/s1. The Kier molecular flexibility index (Phi) is 11.1. The third-order valence-electron chi connectivity index (χ3n) is 4.50. The Hall–Kier alpha value is -2.51. The van der Waals surface area contributed by atoms with Crippen molar-refractivity contribution in [3.63, 3.8) is 0 Å². The van der Waals surface area contributed by atoms with E-state index in [0.717, 1.165) is 11.1 Å². The van der Waals surface area contributed by atoms with E-state index in [4.69, 9.17) is 16.3 Å². The van der Waals surface area contributed by atoms with Gasteiger partial charge in [-0.25, -0.2) is 4.79 Å². The maximum absolute atomic E-state index is 12.8. The Bertz CT molecular complexity index is 862. The van der Waals surface area contributed by atoms with E-state index in [1.54, 1.807) is 0 Å². The van der Waals surface area contributed by atoms with Gasteiger partial charge in [0.2, 0.25) is 5.91 Å². The van der Waals surface area contributed by atoms with Gasteiger partial charge in [0.15, 0.2) is 0 Å². The predicted octanol–water partition coefficient (Wildman–Crippen LogP) is 4.60. The quantitative estimate of drug-likeness (QED) is 0.437. The highest BCUT2D eigenvalue weighted by molar-refractivity contribution is 7.98. The number of nitrogens with one attached hydrogen (secondary N) is 2. The molecule has 1 unspecified atom stereocenters. The van der Waals surface area contributed by atoms with Gasteiger partial charge in [-0.2, -0.15) is 11.8 Å². The lowest BCUT2D eigenvalue weighted by Crippen LogP contribution is -2.51. The van der Waals surface area contributed by atoms with Gasteiger partial charge in [0.1, 0.15) is 18.9 Å². The fourth-order valence-electron chi connectivity index (χ4n) is 2.89. The largest absolute Gasteiger partial charge is 0.445 e. The van der Waals surface area contributed by atoms with Crippen molar-refractivity contribution in [2.45, 2.75) is 44.7 Å². The van der Waals surface area contributed by atoms with Crippen LogP contribution >= 0.6 is 23.4 Å². The molecule has 0 fully saturated rings. The number of hydrogen-bond acceptors (Lipinski definition) is 5. The molecule has 2 aromatic carbocycles. The number of carbonyl (C=O) groups excluding carboxylic acids is 3. The second-order valence-electron chi connectivity index (χ2n) is 7.78. The van der Waals surface area contributed by atoms with Gasteiger partial charge < -0.3 is 20.2 Å². The Morgan fingerprint density at radius 2 is 1.72 bits per heavy atom. The number of alkyl carbamates (subject to hydrolysis) is 1. The maximum Gasteiger partial charge on any atom is 0.408 e. The van der Waals surface area contributed by atoms with E-state index in [1.807, 2.05) is 68.4 Å². The fraction of sp³-hybridized carbons (Fsp3) is 0.375. The molecule has 2 amide bonds. The molecule has 0 aliphatic heterocycles. The molecule has 0 aliphatic carbocycles. The second kappa shape index (κ2) is 13.8. The molecule has 6 nitrogen and oxygen atoms in total. The molecule has 0 aromatic heterocycles. The molecule has 2 aromatic rings. The van der Waals surface area contributed by atoms with Gasteiger partial charge >= 0.3 is 6.09 Å². The summed E-state index contributed by atoms with van der Waals surface area (Å²) < 4.78 is 5.23. The highest BCUT2D eigenvalue weighted by Crippen LogP contribution is 2.16. The predicted molar refractivity (Wildman–Crippen MR) is 129 cm³/mol. The van der Waals surface area contributed by atoms with Gasteiger partial charge in [0.05, 0.1) is 6.04 Å². The van der Waals surface area contributed by atoms with Gasteiger partial charge in [-0.1, -0.05) is 67.9 Å². The summed E-state index contributed by atoms with van der Waals surface area (Å²) in [6.45, 7) is 4.02. The topological polar surface area (TPSA) is 84.5 Å².